The highest BCUT2D eigenvalue weighted by Crippen LogP contribution is 2.44. The molecule has 1 N–H and O–H groups in total. The summed E-state index contributed by atoms with van der Waals surface area (Å²) < 4.78 is 18.0. The minimum Gasteiger partial charge on any atom is -0.496 e. The number of ether oxygens (including phenoxy) is 3. The molecule has 0 spiro atoms. The van der Waals surface area contributed by atoms with Gasteiger partial charge in [0.15, 0.2) is 11.5 Å². The lowest BCUT2D eigenvalue weighted by Crippen LogP contribution is -2.53. The van der Waals surface area contributed by atoms with E-state index in [0.717, 1.165) is 42.1 Å². The second-order valence-electron chi connectivity index (χ2n) is 8.68. The van der Waals surface area contributed by atoms with Crippen LogP contribution in [-0.4, -0.2) is 51.4 Å². The van der Waals surface area contributed by atoms with E-state index in [4.69, 9.17) is 14.2 Å². The van der Waals surface area contributed by atoms with Gasteiger partial charge in [-0.1, -0.05) is 0 Å². The number of piperidine rings is 1. The summed E-state index contributed by atoms with van der Waals surface area (Å²) in [5.74, 6) is 2.24. The predicted octanol–water partition coefficient (Wildman–Crippen LogP) is 1.85. The van der Waals surface area contributed by atoms with Crippen LogP contribution in [0.25, 0.3) is 0 Å². The summed E-state index contributed by atoms with van der Waals surface area (Å²) in [4.78, 5) is 14.6. The molecule has 1 aromatic carbocycles. The summed E-state index contributed by atoms with van der Waals surface area (Å²) in [7, 11) is 1.66. The maximum atomic E-state index is 12.2. The molecule has 8 heteroatoms. The Morgan fingerprint density at radius 3 is 2.60 bits per heavy atom. The van der Waals surface area contributed by atoms with Crippen molar-refractivity contribution in [2.45, 2.75) is 63.4 Å². The third-order valence-electron chi connectivity index (χ3n) is 6.57. The molecule has 2 unspecified atom stereocenters. The van der Waals surface area contributed by atoms with Crippen LogP contribution in [0.15, 0.2) is 29.1 Å². The van der Waals surface area contributed by atoms with Crippen molar-refractivity contribution in [3.05, 3.63) is 45.9 Å². The number of methoxy groups -OCH3 is 1. The van der Waals surface area contributed by atoms with E-state index in [1.807, 2.05) is 19.1 Å². The minimum atomic E-state index is -0.925. The maximum absolute atomic E-state index is 12.2. The Labute approximate surface area is 175 Å². The summed E-state index contributed by atoms with van der Waals surface area (Å²) in [5.41, 5.74) is 0.731. The van der Waals surface area contributed by atoms with Crippen molar-refractivity contribution in [3.63, 3.8) is 0 Å². The highest BCUT2D eigenvalue weighted by atomic mass is 16.7. The Kier molecular flexibility index (Phi) is 4.71. The van der Waals surface area contributed by atoms with Crippen LogP contribution in [0, 0.1) is 6.92 Å². The highest BCUT2D eigenvalue weighted by Gasteiger charge is 2.48. The van der Waals surface area contributed by atoms with Crippen molar-refractivity contribution >= 4 is 0 Å². The van der Waals surface area contributed by atoms with E-state index in [2.05, 4.69) is 10.00 Å². The SMILES string of the molecule is COc1cc2c(cc1CN1C3CCC1CC(O)(Cn1nc(C)ccc1=O)C3)OCO2. The Balaban J connectivity index is 1.35. The number of aryl methyl sites for hydroxylation is 1. The van der Waals surface area contributed by atoms with Crippen LogP contribution in [0.3, 0.4) is 0 Å². The molecule has 4 heterocycles. The van der Waals surface area contributed by atoms with Gasteiger partial charge in [0.1, 0.15) is 5.75 Å². The lowest BCUT2D eigenvalue weighted by Gasteiger charge is -2.44. The van der Waals surface area contributed by atoms with Crippen molar-refractivity contribution in [1.29, 1.82) is 0 Å². The third kappa shape index (κ3) is 3.44. The van der Waals surface area contributed by atoms with Gasteiger partial charge in [0.2, 0.25) is 6.79 Å². The molecule has 5 rings (SSSR count). The number of fused-ring (bicyclic) bond motifs is 3. The molecule has 8 nitrogen and oxygen atoms in total. The van der Waals surface area contributed by atoms with Gasteiger partial charge in [-0.25, -0.2) is 4.68 Å². The van der Waals surface area contributed by atoms with Gasteiger partial charge in [0.05, 0.1) is 24.9 Å². The molecule has 2 atom stereocenters. The molecular weight excluding hydrogens is 386 g/mol. The average Bonchev–Trinajstić information content (AvgIpc) is 3.26. The summed E-state index contributed by atoms with van der Waals surface area (Å²) in [6.07, 6.45) is 3.32. The molecule has 0 amide bonds. The first kappa shape index (κ1) is 19.4. The van der Waals surface area contributed by atoms with E-state index >= 15 is 0 Å². The Morgan fingerprint density at radius 1 is 1.20 bits per heavy atom. The van der Waals surface area contributed by atoms with Gasteiger partial charge < -0.3 is 19.3 Å². The number of aromatic nitrogens is 2. The zero-order chi connectivity index (χ0) is 20.9. The van der Waals surface area contributed by atoms with E-state index < -0.39 is 5.60 Å². The molecule has 1 aromatic heterocycles. The first-order valence-corrected chi connectivity index (χ1v) is 10.4. The quantitative estimate of drug-likeness (QED) is 0.801. The Bertz CT molecular complexity index is 1010. The van der Waals surface area contributed by atoms with Gasteiger partial charge in [-0.3, -0.25) is 9.69 Å². The number of rotatable bonds is 5. The van der Waals surface area contributed by atoms with Gasteiger partial charge in [-0.15, -0.1) is 0 Å². The highest BCUT2D eigenvalue weighted by molar-refractivity contribution is 5.51. The molecular formula is C22H27N3O5. The smallest absolute Gasteiger partial charge is 0.266 e. The number of nitrogens with zero attached hydrogens (tertiary/aromatic N) is 3. The Hall–Kier alpha value is -2.58. The number of hydrogen-bond acceptors (Lipinski definition) is 7. The molecule has 0 aliphatic carbocycles. The molecule has 0 radical (unpaired) electrons. The molecule has 2 fully saturated rings. The largest absolute Gasteiger partial charge is 0.496 e. The van der Waals surface area contributed by atoms with Crippen molar-refractivity contribution in [1.82, 2.24) is 14.7 Å². The normalized spacial score (nSPS) is 27.4. The fraction of sp³-hybridized carbons (Fsp3) is 0.545. The second-order valence-corrected chi connectivity index (χ2v) is 8.68. The second kappa shape index (κ2) is 7.28. The molecule has 2 saturated heterocycles. The van der Waals surface area contributed by atoms with E-state index in [9.17, 15) is 9.90 Å². The Morgan fingerprint density at radius 2 is 1.90 bits per heavy atom. The lowest BCUT2D eigenvalue weighted by molar-refractivity contribution is -0.0679. The number of benzene rings is 1. The van der Waals surface area contributed by atoms with Gasteiger partial charge in [0, 0.05) is 36.3 Å². The summed E-state index contributed by atoms with van der Waals surface area (Å²) >= 11 is 0. The zero-order valence-electron chi connectivity index (χ0n) is 17.3. The topological polar surface area (TPSA) is 86.1 Å². The van der Waals surface area contributed by atoms with Gasteiger partial charge in [-0.2, -0.15) is 5.10 Å². The van der Waals surface area contributed by atoms with E-state index in [1.54, 1.807) is 13.2 Å². The average molecular weight is 413 g/mol. The van der Waals surface area contributed by atoms with Crippen LogP contribution in [0.2, 0.25) is 0 Å². The minimum absolute atomic E-state index is 0.172. The first-order chi connectivity index (χ1) is 14.4. The molecule has 0 saturated carbocycles. The van der Waals surface area contributed by atoms with Crippen molar-refractivity contribution < 1.29 is 19.3 Å². The van der Waals surface area contributed by atoms with Crippen LogP contribution in [0.1, 0.15) is 36.9 Å². The van der Waals surface area contributed by atoms with Crippen molar-refractivity contribution in [2.24, 2.45) is 0 Å². The van der Waals surface area contributed by atoms with E-state index in [0.29, 0.717) is 18.6 Å². The summed E-state index contributed by atoms with van der Waals surface area (Å²) in [6.45, 7) is 3.05. The molecule has 160 valence electrons. The summed E-state index contributed by atoms with van der Waals surface area (Å²) in [6, 6.07) is 7.61. The standard InChI is InChI=1S/C22H27N3O5/c1-14-3-6-21(26)25(23-14)12-22(27)9-16-4-5-17(10-22)24(16)11-15-7-19-20(30-13-29-19)8-18(15)28-2/h3,6-8,16-17,27H,4-5,9-13H2,1-2H3. The van der Waals surface area contributed by atoms with Crippen molar-refractivity contribution in [3.8, 4) is 17.2 Å². The third-order valence-corrected chi connectivity index (χ3v) is 6.57. The fourth-order valence-electron chi connectivity index (χ4n) is 5.22. The zero-order valence-corrected chi connectivity index (χ0v) is 17.3. The van der Waals surface area contributed by atoms with Gasteiger partial charge in [0.25, 0.3) is 5.56 Å². The molecule has 2 bridgehead atoms. The van der Waals surface area contributed by atoms with Crippen LogP contribution in [0.5, 0.6) is 17.2 Å². The van der Waals surface area contributed by atoms with Crippen molar-refractivity contribution in [2.75, 3.05) is 13.9 Å². The number of aliphatic hydroxyl groups is 1. The van der Waals surface area contributed by atoms with Crippen LogP contribution >= 0.6 is 0 Å². The lowest BCUT2D eigenvalue weighted by atomic mass is 9.85. The monoisotopic (exact) mass is 413 g/mol. The molecule has 2 aromatic rings. The number of hydrogen-bond donors (Lipinski definition) is 1. The van der Waals surface area contributed by atoms with E-state index in [-0.39, 0.29) is 31.0 Å². The first-order valence-electron chi connectivity index (χ1n) is 10.4. The summed E-state index contributed by atoms with van der Waals surface area (Å²) in [5, 5.41) is 15.7. The van der Waals surface area contributed by atoms with Gasteiger partial charge >= 0.3 is 0 Å². The predicted molar refractivity (Wildman–Crippen MR) is 109 cm³/mol. The van der Waals surface area contributed by atoms with Gasteiger partial charge in [-0.05, 0) is 44.7 Å². The van der Waals surface area contributed by atoms with Crippen LogP contribution in [0.4, 0.5) is 0 Å². The molecule has 3 aliphatic rings. The maximum Gasteiger partial charge on any atom is 0.266 e. The van der Waals surface area contributed by atoms with E-state index in [1.165, 1.54) is 10.7 Å². The van der Waals surface area contributed by atoms with Crippen LogP contribution in [-0.2, 0) is 13.1 Å². The van der Waals surface area contributed by atoms with Crippen LogP contribution < -0.4 is 19.8 Å². The fourth-order valence-corrected chi connectivity index (χ4v) is 5.22. The molecule has 3 aliphatic heterocycles. The molecule has 30 heavy (non-hydrogen) atoms.